The normalized spacial score (nSPS) is 10.8. The van der Waals surface area contributed by atoms with Gasteiger partial charge in [0, 0.05) is 24.4 Å². The van der Waals surface area contributed by atoms with Crippen LogP contribution in [0.3, 0.4) is 0 Å². The Morgan fingerprint density at radius 1 is 1.46 bits per heavy atom. The highest BCUT2D eigenvalue weighted by Crippen LogP contribution is 2.02. The Balaban J connectivity index is 2.71. The molecule has 4 nitrogen and oxygen atoms in total. The highest BCUT2D eigenvalue weighted by atomic mass is 16.1. The Hall–Kier alpha value is -1.55. The average molecular weight is 177 g/mol. The maximum atomic E-state index is 11.4. The zero-order valence-electron chi connectivity index (χ0n) is 7.16. The van der Waals surface area contributed by atoms with Gasteiger partial charge in [0.25, 0.3) is 5.56 Å². The van der Waals surface area contributed by atoms with Crippen LogP contribution in [-0.4, -0.2) is 15.9 Å². The highest BCUT2D eigenvalue weighted by Gasteiger charge is 2.02. The number of aromatic nitrogens is 2. The quantitative estimate of drug-likeness (QED) is 0.684. The molecule has 0 fully saturated rings. The van der Waals surface area contributed by atoms with Crippen molar-refractivity contribution in [1.82, 2.24) is 9.38 Å². The van der Waals surface area contributed by atoms with Gasteiger partial charge < -0.3 is 10.7 Å². The number of pyridine rings is 1. The van der Waals surface area contributed by atoms with E-state index < -0.39 is 0 Å². The van der Waals surface area contributed by atoms with Gasteiger partial charge in [-0.3, -0.25) is 9.20 Å². The molecule has 0 saturated heterocycles. The number of nitrogens with one attached hydrogen (secondary N) is 1. The fourth-order valence-corrected chi connectivity index (χ4v) is 1.45. The van der Waals surface area contributed by atoms with Gasteiger partial charge >= 0.3 is 0 Å². The molecule has 3 N–H and O–H groups in total. The molecule has 0 atom stereocenters. The zero-order valence-corrected chi connectivity index (χ0v) is 7.16. The SMILES string of the molecule is NCCc1c[nH]c2cccc(=O)n12. The van der Waals surface area contributed by atoms with Crippen molar-refractivity contribution < 1.29 is 0 Å². The molecule has 68 valence electrons. The van der Waals surface area contributed by atoms with Crippen molar-refractivity contribution in [3.05, 3.63) is 40.4 Å². The van der Waals surface area contributed by atoms with E-state index in [4.69, 9.17) is 5.73 Å². The van der Waals surface area contributed by atoms with E-state index in [1.54, 1.807) is 16.5 Å². The minimum absolute atomic E-state index is 0.0119. The third kappa shape index (κ3) is 1.25. The summed E-state index contributed by atoms with van der Waals surface area (Å²) in [4.78, 5) is 14.5. The van der Waals surface area contributed by atoms with Gasteiger partial charge in [-0.15, -0.1) is 0 Å². The third-order valence-electron chi connectivity index (χ3n) is 2.03. The van der Waals surface area contributed by atoms with E-state index in [1.165, 1.54) is 0 Å². The molecule has 0 aromatic carbocycles. The van der Waals surface area contributed by atoms with Crippen LogP contribution in [0.5, 0.6) is 0 Å². The van der Waals surface area contributed by atoms with Crippen molar-refractivity contribution in [3.8, 4) is 0 Å². The molecular formula is C9H11N3O. The second kappa shape index (κ2) is 3.06. The lowest BCUT2D eigenvalue weighted by atomic mass is 10.3. The molecule has 0 unspecified atom stereocenters. The number of aromatic amines is 1. The van der Waals surface area contributed by atoms with E-state index in [-0.39, 0.29) is 5.56 Å². The topological polar surface area (TPSA) is 63.3 Å². The van der Waals surface area contributed by atoms with Crippen molar-refractivity contribution >= 4 is 5.65 Å². The monoisotopic (exact) mass is 177 g/mol. The Bertz CT molecular complexity index is 469. The number of hydrogen-bond donors (Lipinski definition) is 2. The molecule has 0 spiro atoms. The van der Waals surface area contributed by atoms with Crippen molar-refractivity contribution in [3.63, 3.8) is 0 Å². The zero-order chi connectivity index (χ0) is 9.26. The van der Waals surface area contributed by atoms with Crippen LogP contribution in [0.25, 0.3) is 5.65 Å². The van der Waals surface area contributed by atoms with Crippen LogP contribution < -0.4 is 11.3 Å². The van der Waals surface area contributed by atoms with Crippen molar-refractivity contribution in [2.24, 2.45) is 5.73 Å². The molecule has 2 aromatic rings. The van der Waals surface area contributed by atoms with E-state index in [1.807, 2.05) is 12.3 Å². The Morgan fingerprint density at radius 2 is 2.31 bits per heavy atom. The molecule has 0 aliphatic heterocycles. The molecule has 2 rings (SSSR count). The van der Waals surface area contributed by atoms with Crippen LogP contribution >= 0.6 is 0 Å². The minimum Gasteiger partial charge on any atom is -0.346 e. The summed E-state index contributed by atoms with van der Waals surface area (Å²) in [6.45, 7) is 0.550. The first-order valence-electron chi connectivity index (χ1n) is 4.21. The molecule has 4 heteroatoms. The molecule has 0 aliphatic rings. The number of rotatable bonds is 2. The average Bonchev–Trinajstić information content (AvgIpc) is 2.51. The van der Waals surface area contributed by atoms with Gasteiger partial charge in [-0.05, 0) is 12.6 Å². The van der Waals surface area contributed by atoms with Crippen LogP contribution in [0.4, 0.5) is 0 Å². The first-order valence-corrected chi connectivity index (χ1v) is 4.21. The number of H-pyrrole nitrogens is 1. The predicted molar refractivity (Wildman–Crippen MR) is 50.8 cm³/mol. The molecule has 0 saturated carbocycles. The molecule has 0 aliphatic carbocycles. The summed E-state index contributed by atoms with van der Waals surface area (Å²) < 4.78 is 1.65. The lowest BCUT2D eigenvalue weighted by molar-refractivity contribution is 0.891. The van der Waals surface area contributed by atoms with E-state index in [9.17, 15) is 4.79 Å². The van der Waals surface area contributed by atoms with E-state index in [2.05, 4.69) is 4.98 Å². The second-order valence-electron chi connectivity index (χ2n) is 2.90. The first kappa shape index (κ1) is 8.07. The van der Waals surface area contributed by atoms with Gasteiger partial charge in [0.15, 0.2) is 0 Å². The third-order valence-corrected chi connectivity index (χ3v) is 2.03. The molecule has 0 radical (unpaired) electrons. The summed E-state index contributed by atoms with van der Waals surface area (Å²) in [6.07, 6.45) is 2.54. The van der Waals surface area contributed by atoms with Gasteiger partial charge in [-0.25, -0.2) is 0 Å². The van der Waals surface area contributed by atoms with Gasteiger partial charge in [0.05, 0.1) is 0 Å². The van der Waals surface area contributed by atoms with Crippen molar-refractivity contribution in [2.75, 3.05) is 6.54 Å². The fraction of sp³-hybridized carbons (Fsp3) is 0.222. The largest absolute Gasteiger partial charge is 0.346 e. The summed E-state index contributed by atoms with van der Waals surface area (Å²) in [5, 5.41) is 0. The smallest absolute Gasteiger partial charge is 0.256 e. The fourth-order valence-electron chi connectivity index (χ4n) is 1.45. The molecule has 2 heterocycles. The van der Waals surface area contributed by atoms with Crippen molar-refractivity contribution in [1.29, 1.82) is 0 Å². The lowest BCUT2D eigenvalue weighted by Crippen LogP contribution is -2.15. The Labute approximate surface area is 75.0 Å². The van der Waals surface area contributed by atoms with Crippen LogP contribution in [0, 0.1) is 0 Å². The van der Waals surface area contributed by atoms with E-state index in [0.717, 1.165) is 11.3 Å². The predicted octanol–water partition coefficient (Wildman–Crippen LogP) is 0.129. The van der Waals surface area contributed by atoms with E-state index >= 15 is 0 Å². The number of fused-ring (bicyclic) bond motifs is 1. The number of hydrogen-bond acceptors (Lipinski definition) is 2. The minimum atomic E-state index is -0.0119. The standard InChI is InChI=1S/C9H11N3O/c10-5-4-7-6-11-8-2-1-3-9(13)12(7)8/h1-3,6,11H,4-5,10H2. The lowest BCUT2D eigenvalue weighted by Gasteiger charge is -1.96. The second-order valence-corrected chi connectivity index (χ2v) is 2.90. The summed E-state index contributed by atoms with van der Waals surface area (Å²) in [7, 11) is 0. The molecule has 0 amide bonds. The van der Waals surface area contributed by atoms with Gasteiger partial charge in [0.2, 0.25) is 0 Å². The number of nitrogens with two attached hydrogens (primary N) is 1. The number of imidazole rings is 1. The van der Waals surface area contributed by atoms with Gasteiger partial charge in [-0.1, -0.05) is 6.07 Å². The van der Waals surface area contributed by atoms with Gasteiger partial charge in [-0.2, -0.15) is 0 Å². The summed E-state index contributed by atoms with van der Waals surface area (Å²) >= 11 is 0. The molecule has 0 bridgehead atoms. The highest BCUT2D eigenvalue weighted by molar-refractivity contribution is 5.39. The van der Waals surface area contributed by atoms with Gasteiger partial charge in [0.1, 0.15) is 5.65 Å². The van der Waals surface area contributed by atoms with E-state index in [0.29, 0.717) is 13.0 Å². The van der Waals surface area contributed by atoms with Crippen molar-refractivity contribution in [2.45, 2.75) is 6.42 Å². The Kier molecular flexibility index (Phi) is 1.90. The van der Waals surface area contributed by atoms with Crippen LogP contribution in [-0.2, 0) is 6.42 Å². The summed E-state index contributed by atoms with van der Waals surface area (Å²) in [6, 6.07) is 5.14. The van der Waals surface area contributed by atoms with Crippen LogP contribution in [0.2, 0.25) is 0 Å². The Morgan fingerprint density at radius 3 is 3.08 bits per heavy atom. The summed E-state index contributed by atoms with van der Waals surface area (Å²) in [5.41, 5.74) is 7.17. The van der Waals surface area contributed by atoms with Crippen LogP contribution in [0.1, 0.15) is 5.69 Å². The maximum absolute atomic E-state index is 11.4. The summed E-state index contributed by atoms with van der Waals surface area (Å²) in [5.74, 6) is 0. The molecule has 13 heavy (non-hydrogen) atoms. The first-order chi connectivity index (χ1) is 6.33. The maximum Gasteiger partial charge on any atom is 0.256 e. The van der Waals surface area contributed by atoms with Crippen LogP contribution in [0.15, 0.2) is 29.2 Å². The molecular weight excluding hydrogens is 166 g/mol. The molecule has 2 aromatic heterocycles. The number of nitrogens with zero attached hydrogens (tertiary/aromatic N) is 1.